The van der Waals surface area contributed by atoms with Crippen molar-refractivity contribution in [1.82, 2.24) is 0 Å². The van der Waals surface area contributed by atoms with Crippen LogP contribution in [0.5, 0.6) is 0 Å². The zero-order valence-electron chi connectivity index (χ0n) is 6.25. The highest BCUT2D eigenvalue weighted by molar-refractivity contribution is 4.85. The molecule has 2 bridgehead atoms. The molecule has 0 aromatic carbocycles. The second-order valence-electron chi connectivity index (χ2n) is 3.55. The van der Waals surface area contributed by atoms with Crippen LogP contribution < -0.4 is 5.73 Å². The second-order valence-corrected chi connectivity index (χ2v) is 3.55. The highest BCUT2D eigenvalue weighted by atomic mass is 16.5. The van der Waals surface area contributed by atoms with Crippen molar-refractivity contribution in [2.75, 3.05) is 13.2 Å². The average molecular weight is 141 g/mol. The van der Waals surface area contributed by atoms with Crippen molar-refractivity contribution in [1.29, 1.82) is 0 Å². The summed E-state index contributed by atoms with van der Waals surface area (Å²) in [5, 5.41) is 0. The summed E-state index contributed by atoms with van der Waals surface area (Å²) < 4.78 is 5.59. The summed E-state index contributed by atoms with van der Waals surface area (Å²) in [5.74, 6) is 1.66. The summed E-state index contributed by atoms with van der Waals surface area (Å²) in [6.45, 7) is 1.69. The molecule has 2 aliphatic rings. The molecule has 1 saturated heterocycles. The number of rotatable bonds is 1. The smallest absolute Gasteiger partial charge is 0.0725 e. The van der Waals surface area contributed by atoms with Crippen molar-refractivity contribution in [2.45, 2.75) is 25.4 Å². The second kappa shape index (κ2) is 2.51. The Balaban J connectivity index is 2.00. The molecule has 0 spiro atoms. The van der Waals surface area contributed by atoms with E-state index >= 15 is 0 Å². The Kier molecular flexibility index (Phi) is 1.66. The van der Waals surface area contributed by atoms with E-state index in [0.29, 0.717) is 6.10 Å². The van der Waals surface area contributed by atoms with E-state index in [1.807, 2.05) is 0 Å². The third-order valence-electron chi connectivity index (χ3n) is 2.89. The molecule has 58 valence electrons. The van der Waals surface area contributed by atoms with E-state index in [9.17, 15) is 0 Å². The Morgan fingerprint density at radius 1 is 1.40 bits per heavy atom. The molecular weight excluding hydrogens is 126 g/mol. The van der Waals surface area contributed by atoms with Gasteiger partial charge in [0.1, 0.15) is 0 Å². The molecular formula is C8H15NO. The van der Waals surface area contributed by atoms with Crippen LogP contribution in [-0.2, 0) is 4.74 Å². The number of nitrogens with two attached hydrogens (primary N) is 1. The summed E-state index contributed by atoms with van der Waals surface area (Å²) in [5.41, 5.74) is 5.56. The molecule has 2 nitrogen and oxygen atoms in total. The van der Waals surface area contributed by atoms with Gasteiger partial charge >= 0.3 is 0 Å². The summed E-state index contributed by atoms with van der Waals surface area (Å²) in [6.07, 6.45) is 4.49. The van der Waals surface area contributed by atoms with E-state index in [4.69, 9.17) is 10.5 Å². The highest BCUT2D eigenvalue weighted by Gasteiger charge is 2.35. The largest absolute Gasteiger partial charge is 0.376 e. The van der Waals surface area contributed by atoms with Gasteiger partial charge in [-0.2, -0.15) is 0 Å². The summed E-state index contributed by atoms with van der Waals surface area (Å²) >= 11 is 0. The van der Waals surface area contributed by atoms with Gasteiger partial charge in [-0.25, -0.2) is 0 Å². The van der Waals surface area contributed by atoms with Gasteiger partial charge in [0.05, 0.1) is 6.10 Å². The number of ether oxygens (including phenoxy) is 1. The van der Waals surface area contributed by atoms with Gasteiger partial charge in [-0.3, -0.25) is 0 Å². The fraction of sp³-hybridized carbons (Fsp3) is 1.00. The van der Waals surface area contributed by atoms with Crippen molar-refractivity contribution in [2.24, 2.45) is 17.6 Å². The number of hydrogen-bond acceptors (Lipinski definition) is 2. The maximum Gasteiger partial charge on any atom is 0.0725 e. The molecule has 1 saturated carbocycles. The minimum absolute atomic E-state index is 0.388. The van der Waals surface area contributed by atoms with Crippen molar-refractivity contribution >= 4 is 0 Å². The summed E-state index contributed by atoms with van der Waals surface area (Å²) in [6, 6.07) is 0. The predicted octanol–water partition coefficient (Wildman–Crippen LogP) is 0.760. The van der Waals surface area contributed by atoms with E-state index in [1.165, 1.54) is 19.3 Å². The van der Waals surface area contributed by atoms with Gasteiger partial charge in [-0.05, 0) is 31.1 Å². The molecule has 1 aliphatic heterocycles. The lowest BCUT2D eigenvalue weighted by Crippen LogP contribution is -2.35. The first-order chi connectivity index (χ1) is 4.90. The quantitative estimate of drug-likeness (QED) is 0.585. The molecule has 2 heteroatoms. The number of fused-ring (bicyclic) bond motifs is 2. The maximum atomic E-state index is 5.59. The number of hydrogen-bond donors (Lipinski definition) is 1. The van der Waals surface area contributed by atoms with Crippen LogP contribution >= 0.6 is 0 Å². The van der Waals surface area contributed by atoms with Crippen LogP contribution in [0.3, 0.4) is 0 Å². The van der Waals surface area contributed by atoms with Crippen LogP contribution in [0.1, 0.15) is 19.3 Å². The van der Waals surface area contributed by atoms with Crippen molar-refractivity contribution < 1.29 is 4.74 Å². The van der Waals surface area contributed by atoms with Gasteiger partial charge in [0.2, 0.25) is 0 Å². The minimum atomic E-state index is 0.388. The van der Waals surface area contributed by atoms with Gasteiger partial charge in [0.25, 0.3) is 0 Å². The predicted molar refractivity (Wildman–Crippen MR) is 39.6 cm³/mol. The topological polar surface area (TPSA) is 35.2 Å². The minimum Gasteiger partial charge on any atom is -0.376 e. The zero-order chi connectivity index (χ0) is 6.97. The fourth-order valence-electron chi connectivity index (χ4n) is 2.26. The molecule has 0 amide bonds. The molecule has 2 N–H and O–H groups in total. The first kappa shape index (κ1) is 6.62. The summed E-state index contributed by atoms with van der Waals surface area (Å²) in [7, 11) is 0. The van der Waals surface area contributed by atoms with E-state index in [2.05, 4.69) is 0 Å². The normalized spacial score (nSPS) is 45.9. The van der Waals surface area contributed by atoms with Gasteiger partial charge in [0, 0.05) is 13.2 Å². The van der Waals surface area contributed by atoms with Crippen molar-refractivity contribution in [3.63, 3.8) is 0 Å². The molecule has 0 radical (unpaired) electrons. The average Bonchev–Trinajstić information content (AvgIpc) is 2.34. The lowest BCUT2D eigenvalue weighted by molar-refractivity contribution is -0.0230. The van der Waals surface area contributed by atoms with Crippen LogP contribution in [0.2, 0.25) is 0 Å². The summed E-state index contributed by atoms with van der Waals surface area (Å²) in [4.78, 5) is 0. The molecule has 0 unspecified atom stereocenters. The van der Waals surface area contributed by atoms with Crippen LogP contribution in [0.25, 0.3) is 0 Å². The molecule has 2 fully saturated rings. The van der Waals surface area contributed by atoms with Crippen LogP contribution in [0.15, 0.2) is 0 Å². The first-order valence-corrected chi connectivity index (χ1v) is 4.22. The van der Waals surface area contributed by atoms with Gasteiger partial charge in [0.15, 0.2) is 0 Å². The molecule has 0 aromatic heterocycles. The molecule has 1 aliphatic carbocycles. The molecule has 0 aromatic rings. The van der Waals surface area contributed by atoms with Crippen LogP contribution in [0.4, 0.5) is 0 Å². The Morgan fingerprint density at radius 2 is 2.30 bits per heavy atom. The zero-order valence-corrected chi connectivity index (χ0v) is 6.25. The monoisotopic (exact) mass is 141 g/mol. The molecule has 1 heterocycles. The lowest BCUT2D eigenvalue weighted by Gasteiger charge is -2.27. The van der Waals surface area contributed by atoms with Gasteiger partial charge < -0.3 is 10.5 Å². The Hall–Kier alpha value is -0.0800. The first-order valence-electron chi connectivity index (χ1n) is 4.22. The van der Waals surface area contributed by atoms with Crippen molar-refractivity contribution in [3.05, 3.63) is 0 Å². The third kappa shape index (κ3) is 0.956. The van der Waals surface area contributed by atoms with Crippen molar-refractivity contribution in [3.8, 4) is 0 Å². The molecule has 10 heavy (non-hydrogen) atoms. The van der Waals surface area contributed by atoms with E-state index in [0.717, 1.165) is 25.0 Å². The lowest BCUT2D eigenvalue weighted by atomic mass is 9.96. The van der Waals surface area contributed by atoms with Gasteiger partial charge in [-0.15, -0.1) is 0 Å². The van der Waals surface area contributed by atoms with E-state index in [1.54, 1.807) is 0 Å². The van der Waals surface area contributed by atoms with E-state index in [-0.39, 0.29) is 0 Å². The van der Waals surface area contributed by atoms with Crippen LogP contribution in [0, 0.1) is 11.8 Å². The standard InChI is InChI=1S/C8H15NO/c9-4-8-7-2-1-6(3-7)5-10-8/h6-8H,1-5,9H2/t6-,7+,8+/m1/s1. The maximum absolute atomic E-state index is 5.59. The third-order valence-corrected chi connectivity index (χ3v) is 2.89. The Bertz CT molecular complexity index is 126. The fourth-order valence-corrected chi connectivity index (χ4v) is 2.26. The van der Waals surface area contributed by atoms with Crippen LogP contribution in [-0.4, -0.2) is 19.3 Å². The molecule has 2 rings (SSSR count). The van der Waals surface area contributed by atoms with Gasteiger partial charge in [-0.1, -0.05) is 0 Å². The SMILES string of the molecule is NC[C@@H]1OC[C@@H]2CC[C@H]1C2. The highest BCUT2D eigenvalue weighted by Crippen LogP contribution is 2.38. The molecule has 3 atom stereocenters. The Labute approximate surface area is 61.7 Å². The Morgan fingerprint density at radius 3 is 3.10 bits per heavy atom. The van der Waals surface area contributed by atoms with E-state index < -0.39 is 0 Å².